The predicted octanol–water partition coefficient (Wildman–Crippen LogP) is 4.82. The van der Waals surface area contributed by atoms with Crippen LogP contribution in [0.4, 0.5) is 27.6 Å². The van der Waals surface area contributed by atoms with Crippen molar-refractivity contribution in [3.8, 4) is 0 Å². The third kappa shape index (κ3) is 3.11. The van der Waals surface area contributed by atoms with Crippen LogP contribution >= 0.6 is 24.0 Å². The molecule has 0 saturated heterocycles. The summed E-state index contributed by atoms with van der Waals surface area (Å²) in [5, 5.41) is -0.643. The molecule has 2 rings (SSSR count). The van der Waals surface area contributed by atoms with Gasteiger partial charge in [0.05, 0.1) is 11.6 Å². The summed E-state index contributed by atoms with van der Waals surface area (Å²) in [6.07, 6.45) is -4.39. The van der Waals surface area contributed by atoms with Crippen LogP contribution in [-0.2, 0) is 0 Å². The Kier molecular flexibility index (Phi) is 5.13. The van der Waals surface area contributed by atoms with Crippen LogP contribution in [-0.4, -0.2) is 19.3 Å². The van der Waals surface area contributed by atoms with E-state index in [1.807, 2.05) is 0 Å². The standard InChI is InChI=1S/C12H11ClF5N.ClH/c1-19(7-4-6(5-7)12(16,17)18)9-3-2-8(14)10(13)11(9)15;/h2-3,6-7H,4-5H2,1H3;1H/t6-,7-;. The lowest BCUT2D eigenvalue weighted by Gasteiger charge is -2.43. The Morgan fingerprint density at radius 2 is 1.75 bits per heavy atom. The minimum Gasteiger partial charge on any atom is -0.369 e. The zero-order valence-corrected chi connectivity index (χ0v) is 11.9. The Morgan fingerprint density at radius 1 is 1.20 bits per heavy atom. The van der Waals surface area contributed by atoms with Crippen molar-refractivity contribution in [3.05, 3.63) is 28.8 Å². The molecule has 0 heterocycles. The lowest BCUT2D eigenvalue weighted by atomic mass is 9.79. The number of anilines is 1. The minimum absolute atomic E-state index is 0. The highest BCUT2D eigenvalue weighted by Crippen LogP contribution is 2.44. The molecule has 1 saturated carbocycles. The summed E-state index contributed by atoms with van der Waals surface area (Å²) in [7, 11) is 1.48. The smallest absolute Gasteiger partial charge is 0.369 e. The first-order chi connectivity index (χ1) is 8.71. The maximum atomic E-state index is 13.7. The molecule has 1 aromatic rings. The minimum atomic E-state index is -4.21. The molecule has 0 unspecified atom stereocenters. The normalized spacial score (nSPS) is 21.9. The van der Waals surface area contributed by atoms with Crippen LogP contribution in [0.2, 0.25) is 5.02 Å². The van der Waals surface area contributed by atoms with Crippen LogP contribution in [0.5, 0.6) is 0 Å². The molecule has 114 valence electrons. The fourth-order valence-electron chi connectivity index (χ4n) is 2.16. The molecule has 0 atom stereocenters. The van der Waals surface area contributed by atoms with Gasteiger partial charge in [0.1, 0.15) is 10.8 Å². The van der Waals surface area contributed by atoms with E-state index in [1.54, 1.807) is 0 Å². The van der Waals surface area contributed by atoms with E-state index < -0.39 is 34.8 Å². The fourth-order valence-corrected chi connectivity index (χ4v) is 2.32. The molecule has 8 heteroatoms. The van der Waals surface area contributed by atoms with E-state index in [-0.39, 0.29) is 30.9 Å². The van der Waals surface area contributed by atoms with Crippen LogP contribution in [0, 0.1) is 17.6 Å². The van der Waals surface area contributed by atoms with Gasteiger partial charge in [0.15, 0.2) is 5.82 Å². The molecular formula is C12H12Cl2F5N. The van der Waals surface area contributed by atoms with Crippen molar-refractivity contribution in [1.82, 2.24) is 0 Å². The second-order valence-corrected chi connectivity index (χ2v) is 5.05. The van der Waals surface area contributed by atoms with E-state index in [9.17, 15) is 22.0 Å². The average Bonchev–Trinajstić information content (AvgIpc) is 2.21. The second-order valence-electron chi connectivity index (χ2n) is 4.67. The van der Waals surface area contributed by atoms with E-state index in [1.165, 1.54) is 18.0 Å². The molecule has 20 heavy (non-hydrogen) atoms. The van der Waals surface area contributed by atoms with Crippen LogP contribution in [0.25, 0.3) is 0 Å². The van der Waals surface area contributed by atoms with Gasteiger partial charge in [0.2, 0.25) is 0 Å². The van der Waals surface area contributed by atoms with E-state index in [2.05, 4.69) is 0 Å². The van der Waals surface area contributed by atoms with Crippen molar-refractivity contribution < 1.29 is 22.0 Å². The number of benzene rings is 1. The third-order valence-corrected chi connectivity index (χ3v) is 3.87. The monoisotopic (exact) mass is 335 g/mol. The molecule has 0 spiro atoms. The third-order valence-electron chi connectivity index (χ3n) is 3.52. The zero-order chi connectivity index (χ0) is 14.4. The lowest BCUT2D eigenvalue weighted by molar-refractivity contribution is -0.196. The van der Waals surface area contributed by atoms with Crippen molar-refractivity contribution >= 4 is 29.7 Å². The number of hydrogen-bond acceptors (Lipinski definition) is 1. The highest BCUT2D eigenvalue weighted by Gasteiger charge is 2.49. The summed E-state index contributed by atoms with van der Waals surface area (Å²) >= 11 is 5.44. The molecule has 1 aromatic carbocycles. The molecular weight excluding hydrogens is 324 g/mol. The summed E-state index contributed by atoms with van der Waals surface area (Å²) in [6, 6.07) is 1.76. The quantitative estimate of drug-likeness (QED) is 0.553. The molecule has 0 aliphatic heterocycles. The Bertz CT molecular complexity index is 485. The molecule has 1 aliphatic rings. The first kappa shape index (κ1) is 17.3. The van der Waals surface area contributed by atoms with Crippen molar-refractivity contribution in [1.29, 1.82) is 0 Å². The maximum Gasteiger partial charge on any atom is 0.391 e. The van der Waals surface area contributed by atoms with Gasteiger partial charge in [-0.15, -0.1) is 12.4 Å². The largest absolute Gasteiger partial charge is 0.391 e. The molecule has 1 aliphatic carbocycles. The first-order valence-corrected chi connectivity index (χ1v) is 6.02. The summed E-state index contributed by atoms with van der Waals surface area (Å²) in [4.78, 5) is 1.38. The number of rotatable bonds is 2. The SMILES string of the molecule is CN(c1ccc(F)c(Cl)c1F)[C@H]1C[C@H](C(F)(F)F)C1.Cl. The van der Waals surface area contributed by atoms with E-state index in [4.69, 9.17) is 11.6 Å². The molecule has 0 bridgehead atoms. The molecule has 0 aromatic heterocycles. The van der Waals surface area contributed by atoms with Gasteiger partial charge in [0, 0.05) is 13.1 Å². The van der Waals surface area contributed by atoms with Gasteiger partial charge in [-0.25, -0.2) is 8.78 Å². The van der Waals surface area contributed by atoms with Gasteiger partial charge >= 0.3 is 6.18 Å². The Hall–Kier alpha value is -0.750. The van der Waals surface area contributed by atoms with Crippen LogP contribution < -0.4 is 4.90 Å². The van der Waals surface area contributed by atoms with Crippen molar-refractivity contribution in [2.45, 2.75) is 25.1 Å². The predicted molar refractivity (Wildman–Crippen MR) is 69.6 cm³/mol. The van der Waals surface area contributed by atoms with Gasteiger partial charge in [0.25, 0.3) is 0 Å². The summed E-state index contributed by atoms with van der Waals surface area (Å²) < 4.78 is 63.8. The average molecular weight is 336 g/mol. The Morgan fingerprint density at radius 3 is 2.25 bits per heavy atom. The van der Waals surface area contributed by atoms with Crippen LogP contribution in [0.15, 0.2) is 12.1 Å². The first-order valence-electron chi connectivity index (χ1n) is 5.65. The van der Waals surface area contributed by atoms with Crippen LogP contribution in [0.1, 0.15) is 12.8 Å². The van der Waals surface area contributed by atoms with Crippen molar-refractivity contribution in [2.24, 2.45) is 5.92 Å². The zero-order valence-electron chi connectivity index (χ0n) is 10.3. The number of nitrogens with zero attached hydrogens (tertiary/aromatic N) is 1. The topological polar surface area (TPSA) is 3.24 Å². The Labute approximate surface area is 124 Å². The summed E-state index contributed by atoms with van der Waals surface area (Å²) in [5.74, 6) is -3.18. The highest BCUT2D eigenvalue weighted by atomic mass is 35.5. The van der Waals surface area contributed by atoms with Crippen LogP contribution in [0.3, 0.4) is 0 Å². The fraction of sp³-hybridized carbons (Fsp3) is 0.500. The Balaban J connectivity index is 0.00000200. The van der Waals surface area contributed by atoms with Gasteiger partial charge in [-0.05, 0) is 25.0 Å². The van der Waals surface area contributed by atoms with Gasteiger partial charge in [-0.3, -0.25) is 0 Å². The molecule has 1 fully saturated rings. The maximum absolute atomic E-state index is 13.7. The number of hydrogen-bond donors (Lipinski definition) is 0. The molecule has 0 radical (unpaired) electrons. The number of halogens is 7. The van der Waals surface area contributed by atoms with E-state index in [0.29, 0.717) is 0 Å². The summed E-state index contributed by atoms with van der Waals surface area (Å²) in [6.45, 7) is 0. The second kappa shape index (κ2) is 5.93. The highest BCUT2D eigenvalue weighted by molar-refractivity contribution is 6.31. The van der Waals surface area contributed by atoms with E-state index in [0.717, 1.165) is 6.07 Å². The lowest BCUT2D eigenvalue weighted by Crippen LogP contribution is -2.48. The van der Waals surface area contributed by atoms with Gasteiger partial charge in [-0.2, -0.15) is 13.2 Å². The van der Waals surface area contributed by atoms with E-state index >= 15 is 0 Å². The molecule has 1 nitrogen and oxygen atoms in total. The summed E-state index contributed by atoms with van der Waals surface area (Å²) in [5.41, 5.74) is 0.0111. The van der Waals surface area contributed by atoms with Gasteiger partial charge < -0.3 is 4.90 Å². The molecule has 0 amide bonds. The van der Waals surface area contributed by atoms with Crippen molar-refractivity contribution in [2.75, 3.05) is 11.9 Å². The van der Waals surface area contributed by atoms with Crippen molar-refractivity contribution in [3.63, 3.8) is 0 Å². The molecule has 0 N–H and O–H groups in total. The number of alkyl halides is 3. The van der Waals surface area contributed by atoms with Gasteiger partial charge in [-0.1, -0.05) is 11.6 Å².